The highest BCUT2D eigenvalue weighted by molar-refractivity contribution is 6.11. The number of halogens is 1. The molecule has 0 fully saturated rings. The van der Waals surface area contributed by atoms with Gasteiger partial charge in [-0.05, 0) is 30.7 Å². The van der Waals surface area contributed by atoms with Gasteiger partial charge in [0.15, 0.2) is 5.78 Å². The van der Waals surface area contributed by atoms with E-state index in [2.05, 4.69) is 0 Å². The minimum absolute atomic E-state index is 0.0311. The highest BCUT2D eigenvalue weighted by Crippen LogP contribution is 2.43. The molecule has 2 aromatic carbocycles. The maximum absolute atomic E-state index is 13.8. The number of likely N-dealkylation sites (N-methyl/N-ethyl adjacent to an activating group) is 1. The fourth-order valence-corrected chi connectivity index (χ4v) is 3.10. The zero-order chi connectivity index (χ0) is 15.9. The Morgan fingerprint density at radius 2 is 1.77 bits per heavy atom. The highest BCUT2D eigenvalue weighted by Gasteiger charge is 2.47. The molecule has 0 aliphatic carbocycles. The summed E-state index contributed by atoms with van der Waals surface area (Å²) in [4.78, 5) is 26.7. The minimum atomic E-state index is -0.954. The van der Waals surface area contributed by atoms with Gasteiger partial charge in [-0.3, -0.25) is 9.59 Å². The van der Waals surface area contributed by atoms with Gasteiger partial charge in [-0.1, -0.05) is 30.3 Å². The van der Waals surface area contributed by atoms with Gasteiger partial charge in [-0.2, -0.15) is 0 Å². The molecule has 0 spiro atoms. The number of fused-ring (bicyclic) bond motifs is 1. The Labute approximate surface area is 128 Å². The zero-order valence-corrected chi connectivity index (χ0v) is 12.5. The molecular formula is C18H16FNO2. The molecule has 1 aliphatic heterocycles. The van der Waals surface area contributed by atoms with Crippen molar-refractivity contribution in [2.24, 2.45) is 0 Å². The second kappa shape index (κ2) is 5.05. The molecule has 1 amide bonds. The van der Waals surface area contributed by atoms with E-state index in [9.17, 15) is 14.0 Å². The fourth-order valence-electron chi connectivity index (χ4n) is 3.10. The molecule has 22 heavy (non-hydrogen) atoms. The van der Waals surface area contributed by atoms with Crippen LogP contribution in [0.2, 0.25) is 0 Å². The van der Waals surface area contributed by atoms with E-state index in [1.165, 1.54) is 18.2 Å². The van der Waals surface area contributed by atoms with Crippen molar-refractivity contribution in [3.05, 3.63) is 65.5 Å². The van der Waals surface area contributed by atoms with Crippen LogP contribution in [0.4, 0.5) is 10.1 Å². The van der Waals surface area contributed by atoms with E-state index < -0.39 is 11.2 Å². The number of ketones is 1. The van der Waals surface area contributed by atoms with Crippen molar-refractivity contribution in [3.63, 3.8) is 0 Å². The summed E-state index contributed by atoms with van der Waals surface area (Å²) in [6, 6.07) is 13.3. The van der Waals surface area contributed by atoms with Crippen LogP contribution in [0.25, 0.3) is 0 Å². The van der Waals surface area contributed by atoms with Crippen LogP contribution >= 0.6 is 0 Å². The van der Waals surface area contributed by atoms with E-state index in [1.807, 2.05) is 24.3 Å². The van der Waals surface area contributed by atoms with E-state index in [1.54, 1.807) is 24.9 Å². The van der Waals surface area contributed by atoms with Crippen molar-refractivity contribution in [2.75, 3.05) is 11.9 Å². The monoisotopic (exact) mass is 297 g/mol. The molecule has 1 atom stereocenters. The normalized spacial score (nSPS) is 20.1. The Balaban J connectivity index is 2.00. The van der Waals surface area contributed by atoms with E-state index in [4.69, 9.17) is 0 Å². The third-order valence-corrected chi connectivity index (χ3v) is 4.32. The van der Waals surface area contributed by atoms with Gasteiger partial charge >= 0.3 is 0 Å². The van der Waals surface area contributed by atoms with E-state index in [-0.39, 0.29) is 23.7 Å². The Morgan fingerprint density at radius 3 is 2.50 bits per heavy atom. The zero-order valence-electron chi connectivity index (χ0n) is 12.5. The van der Waals surface area contributed by atoms with Gasteiger partial charge in [0, 0.05) is 19.2 Å². The molecule has 1 heterocycles. The highest BCUT2D eigenvalue weighted by atomic mass is 19.1. The predicted molar refractivity (Wildman–Crippen MR) is 82.6 cm³/mol. The van der Waals surface area contributed by atoms with Crippen LogP contribution in [0.1, 0.15) is 29.3 Å². The first-order valence-electron chi connectivity index (χ1n) is 7.10. The Bertz CT molecular complexity index is 771. The van der Waals surface area contributed by atoms with Gasteiger partial charge < -0.3 is 4.90 Å². The Morgan fingerprint density at radius 1 is 1.14 bits per heavy atom. The molecule has 2 aromatic rings. The van der Waals surface area contributed by atoms with Gasteiger partial charge in [-0.25, -0.2) is 4.39 Å². The summed E-state index contributed by atoms with van der Waals surface area (Å²) in [5.41, 5.74) is 0.692. The summed E-state index contributed by atoms with van der Waals surface area (Å²) < 4.78 is 13.8. The summed E-state index contributed by atoms with van der Waals surface area (Å²) in [5, 5.41) is 0. The molecule has 112 valence electrons. The maximum atomic E-state index is 13.8. The maximum Gasteiger partial charge on any atom is 0.237 e. The first kappa shape index (κ1) is 14.4. The number of para-hydroxylation sites is 1. The van der Waals surface area contributed by atoms with Crippen molar-refractivity contribution in [1.29, 1.82) is 0 Å². The molecule has 0 bridgehead atoms. The molecule has 0 saturated carbocycles. The first-order chi connectivity index (χ1) is 10.4. The second-order valence-electron chi connectivity index (χ2n) is 5.79. The number of amides is 1. The van der Waals surface area contributed by atoms with Crippen molar-refractivity contribution in [1.82, 2.24) is 0 Å². The third-order valence-electron chi connectivity index (χ3n) is 4.32. The van der Waals surface area contributed by atoms with Crippen LogP contribution in [-0.4, -0.2) is 18.7 Å². The molecule has 4 heteroatoms. The average Bonchev–Trinajstić information content (AvgIpc) is 2.70. The van der Waals surface area contributed by atoms with Gasteiger partial charge in [0.2, 0.25) is 5.91 Å². The van der Waals surface area contributed by atoms with Crippen LogP contribution in [0, 0.1) is 5.82 Å². The van der Waals surface area contributed by atoms with Gasteiger partial charge in [0.05, 0.1) is 11.0 Å². The standard InChI is InChI=1S/C18H16FNO2/c1-18(11-16(21)12-7-3-5-9-14(12)19)13-8-4-6-10-15(13)20(2)17(18)22/h3-10H,11H2,1-2H3. The van der Waals surface area contributed by atoms with Crippen LogP contribution < -0.4 is 4.90 Å². The Hall–Kier alpha value is -2.49. The lowest BCUT2D eigenvalue weighted by atomic mass is 9.78. The summed E-state index contributed by atoms with van der Waals surface area (Å²) in [6.45, 7) is 1.75. The summed E-state index contributed by atoms with van der Waals surface area (Å²) in [6.07, 6.45) is -0.0475. The molecule has 0 saturated heterocycles. The predicted octanol–water partition coefficient (Wildman–Crippen LogP) is 3.33. The topological polar surface area (TPSA) is 37.4 Å². The number of carbonyl (C=O) groups excluding carboxylic acids is 2. The SMILES string of the molecule is CN1C(=O)C(C)(CC(=O)c2ccccc2F)c2ccccc21. The number of nitrogens with zero attached hydrogens (tertiary/aromatic N) is 1. The summed E-state index contributed by atoms with van der Waals surface area (Å²) in [5.74, 6) is -1.05. The molecule has 3 rings (SSSR count). The summed E-state index contributed by atoms with van der Waals surface area (Å²) >= 11 is 0. The van der Waals surface area contributed by atoms with E-state index >= 15 is 0 Å². The van der Waals surface area contributed by atoms with Gasteiger partial charge in [0.1, 0.15) is 5.82 Å². The minimum Gasteiger partial charge on any atom is -0.314 e. The van der Waals surface area contributed by atoms with Crippen LogP contribution in [-0.2, 0) is 10.2 Å². The largest absolute Gasteiger partial charge is 0.314 e. The lowest BCUT2D eigenvalue weighted by molar-refractivity contribution is -0.122. The number of hydrogen-bond acceptors (Lipinski definition) is 2. The Kier molecular flexibility index (Phi) is 3.32. The van der Waals surface area contributed by atoms with Crippen molar-refractivity contribution >= 4 is 17.4 Å². The lowest BCUT2D eigenvalue weighted by Crippen LogP contribution is -2.38. The van der Waals surface area contributed by atoms with Gasteiger partial charge in [-0.15, -0.1) is 0 Å². The lowest BCUT2D eigenvalue weighted by Gasteiger charge is -2.22. The van der Waals surface area contributed by atoms with Crippen LogP contribution in [0.5, 0.6) is 0 Å². The quantitative estimate of drug-likeness (QED) is 0.815. The van der Waals surface area contributed by atoms with E-state index in [0.29, 0.717) is 0 Å². The van der Waals surface area contributed by atoms with Crippen molar-refractivity contribution in [2.45, 2.75) is 18.8 Å². The second-order valence-corrected chi connectivity index (χ2v) is 5.79. The molecule has 3 nitrogen and oxygen atoms in total. The third kappa shape index (κ3) is 2.03. The molecule has 0 radical (unpaired) electrons. The van der Waals surface area contributed by atoms with Crippen molar-refractivity contribution < 1.29 is 14.0 Å². The number of benzene rings is 2. The molecule has 1 aliphatic rings. The fraction of sp³-hybridized carbons (Fsp3) is 0.222. The average molecular weight is 297 g/mol. The van der Waals surface area contributed by atoms with Crippen LogP contribution in [0.15, 0.2) is 48.5 Å². The number of carbonyl (C=O) groups is 2. The molecule has 1 unspecified atom stereocenters. The summed E-state index contributed by atoms with van der Waals surface area (Å²) in [7, 11) is 1.69. The smallest absolute Gasteiger partial charge is 0.237 e. The van der Waals surface area contributed by atoms with Gasteiger partial charge in [0.25, 0.3) is 0 Å². The van der Waals surface area contributed by atoms with Crippen LogP contribution in [0.3, 0.4) is 0 Å². The number of rotatable bonds is 3. The van der Waals surface area contributed by atoms with E-state index in [0.717, 1.165) is 11.3 Å². The molecule has 0 N–H and O–H groups in total. The number of anilines is 1. The first-order valence-corrected chi connectivity index (χ1v) is 7.10. The number of hydrogen-bond donors (Lipinski definition) is 0. The van der Waals surface area contributed by atoms with Crippen molar-refractivity contribution in [3.8, 4) is 0 Å². The molecule has 0 aromatic heterocycles. The molecular weight excluding hydrogens is 281 g/mol. The number of Topliss-reactive ketones (excluding diaryl/α,β-unsaturated/α-hetero) is 1.